The molecule has 0 radical (unpaired) electrons. The zero-order chi connectivity index (χ0) is 23.5. The molecule has 2 unspecified atom stereocenters. The molecule has 0 fully saturated rings. The number of carbonyl (C=O) groups is 1. The van der Waals surface area contributed by atoms with E-state index in [1.807, 2.05) is 48.5 Å². The molecular formula is C25H20F2N2O4. The third-order valence-electron chi connectivity index (χ3n) is 5.69. The Morgan fingerprint density at radius 3 is 2.24 bits per heavy atom. The highest BCUT2D eigenvalue weighted by atomic mass is 19.1. The van der Waals surface area contributed by atoms with Gasteiger partial charge in [0.15, 0.2) is 0 Å². The van der Waals surface area contributed by atoms with E-state index in [4.69, 9.17) is 10.00 Å². The van der Waals surface area contributed by atoms with Gasteiger partial charge in [-0.2, -0.15) is 5.26 Å². The van der Waals surface area contributed by atoms with Gasteiger partial charge in [0.2, 0.25) is 0 Å². The van der Waals surface area contributed by atoms with Crippen LogP contribution in [0.4, 0.5) is 13.6 Å². The summed E-state index contributed by atoms with van der Waals surface area (Å²) in [6.07, 6.45) is -4.27. The van der Waals surface area contributed by atoms with Crippen LogP contribution in [0, 0.1) is 23.0 Å². The summed E-state index contributed by atoms with van der Waals surface area (Å²) in [5.74, 6) is -2.21. The lowest BCUT2D eigenvalue weighted by atomic mass is 9.98. The van der Waals surface area contributed by atoms with Crippen LogP contribution < -0.4 is 5.32 Å². The second-order valence-electron chi connectivity index (χ2n) is 7.68. The van der Waals surface area contributed by atoms with Crippen LogP contribution in [0.15, 0.2) is 60.7 Å². The molecule has 0 aliphatic heterocycles. The standard InChI is InChI=1S/C25H20F2N2O4/c26-21-10-19(22(27)9-14(21)11-28)24(31)23(30)12-29-25(32)33-13-20-17-7-3-1-5-15(17)16-6-2-4-8-18(16)20/h1-10,20,23-24,30-31H,12-13H2,(H,29,32). The van der Waals surface area contributed by atoms with Gasteiger partial charge in [-0.3, -0.25) is 0 Å². The second kappa shape index (κ2) is 9.36. The fourth-order valence-corrected chi connectivity index (χ4v) is 4.03. The Bertz CT molecular complexity index is 1200. The van der Waals surface area contributed by atoms with Crippen molar-refractivity contribution in [2.24, 2.45) is 0 Å². The zero-order valence-corrected chi connectivity index (χ0v) is 17.3. The van der Waals surface area contributed by atoms with Crippen molar-refractivity contribution in [2.75, 3.05) is 13.2 Å². The van der Waals surface area contributed by atoms with Crippen molar-refractivity contribution in [2.45, 2.75) is 18.1 Å². The highest BCUT2D eigenvalue weighted by Gasteiger charge is 2.29. The summed E-state index contributed by atoms with van der Waals surface area (Å²) >= 11 is 0. The van der Waals surface area contributed by atoms with Crippen molar-refractivity contribution in [3.63, 3.8) is 0 Å². The number of nitrogens with zero attached hydrogens (tertiary/aromatic N) is 1. The lowest BCUT2D eigenvalue weighted by Gasteiger charge is -2.20. The Balaban J connectivity index is 1.36. The lowest BCUT2D eigenvalue weighted by molar-refractivity contribution is 0.0163. The van der Waals surface area contributed by atoms with Crippen LogP contribution in [-0.2, 0) is 4.74 Å². The first-order valence-corrected chi connectivity index (χ1v) is 10.2. The topological polar surface area (TPSA) is 103 Å². The minimum atomic E-state index is -1.82. The van der Waals surface area contributed by atoms with Gasteiger partial charge in [-0.15, -0.1) is 0 Å². The molecule has 33 heavy (non-hydrogen) atoms. The Kier molecular flexibility index (Phi) is 6.36. The van der Waals surface area contributed by atoms with Crippen LogP contribution in [0.5, 0.6) is 0 Å². The average molecular weight is 450 g/mol. The van der Waals surface area contributed by atoms with Crippen LogP contribution in [0.1, 0.15) is 34.3 Å². The quantitative estimate of drug-likeness (QED) is 0.531. The molecule has 3 N–H and O–H groups in total. The molecule has 0 spiro atoms. The van der Waals surface area contributed by atoms with Crippen LogP contribution >= 0.6 is 0 Å². The minimum absolute atomic E-state index is 0.0635. The molecular weight excluding hydrogens is 430 g/mol. The molecule has 6 nitrogen and oxygen atoms in total. The van der Waals surface area contributed by atoms with E-state index in [0.29, 0.717) is 12.1 Å². The molecule has 3 aromatic rings. The smallest absolute Gasteiger partial charge is 0.407 e. The predicted molar refractivity (Wildman–Crippen MR) is 115 cm³/mol. The largest absolute Gasteiger partial charge is 0.449 e. The van der Waals surface area contributed by atoms with Gasteiger partial charge in [-0.1, -0.05) is 48.5 Å². The van der Waals surface area contributed by atoms with Crippen molar-refractivity contribution in [1.29, 1.82) is 5.26 Å². The summed E-state index contributed by atoms with van der Waals surface area (Å²) in [7, 11) is 0. The van der Waals surface area contributed by atoms with E-state index < -0.39 is 47.6 Å². The summed E-state index contributed by atoms with van der Waals surface area (Å²) in [4.78, 5) is 12.2. The van der Waals surface area contributed by atoms with Gasteiger partial charge in [0, 0.05) is 18.0 Å². The maximum absolute atomic E-state index is 14.1. The molecule has 1 amide bonds. The predicted octanol–water partition coefficient (Wildman–Crippen LogP) is 3.77. The fourth-order valence-electron chi connectivity index (χ4n) is 4.03. The van der Waals surface area contributed by atoms with Gasteiger partial charge < -0.3 is 20.3 Å². The maximum atomic E-state index is 14.1. The fraction of sp³-hybridized carbons (Fsp3) is 0.200. The number of ether oxygens (including phenoxy) is 1. The van der Waals surface area contributed by atoms with Gasteiger partial charge >= 0.3 is 6.09 Å². The number of hydrogen-bond donors (Lipinski definition) is 3. The SMILES string of the molecule is N#Cc1cc(F)c(C(O)C(O)CNC(=O)OCC2c3ccccc3-c3ccccc32)cc1F. The molecule has 0 saturated heterocycles. The van der Waals surface area contributed by atoms with Gasteiger partial charge in [-0.25, -0.2) is 13.6 Å². The summed E-state index contributed by atoms with van der Waals surface area (Å²) in [5.41, 5.74) is 3.21. The van der Waals surface area contributed by atoms with Crippen molar-refractivity contribution in [1.82, 2.24) is 5.32 Å². The molecule has 8 heteroatoms. The number of benzene rings is 3. The molecule has 3 aromatic carbocycles. The molecule has 0 aromatic heterocycles. The van der Waals surface area contributed by atoms with Crippen molar-refractivity contribution in [3.8, 4) is 17.2 Å². The van der Waals surface area contributed by atoms with Gasteiger partial charge in [0.25, 0.3) is 0 Å². The first-order chi connectivity index (χ1) is 15.9. The van der Waals surface area contributed by atoms with E-state index in [9.17, 15) is 23.8 Å². The summed E-state index contributed by atoms with van der Waals surface area (Å²) < 4.78 is 33.2. The normalized spacial score (nSPS) is 14.0. The summed E-state index contributed by atoms with van der Waals surface area (Å²) in [6.45, 7) is -0.396. The summed E-state index contributed by atoms with van der Waals surface area (Å²) in [6, 6.07) is 18.5. The van der Waals surface area contributed by atoms with Crippen molar-refractivity contribution in [3.05, 3.63) is 94.6 Å². The number of hydrogen-bond acceptors (Lipinski definition) is 5. The van der Waals surface area contributed by atoms with Crippen molar-refractivity contribution >= 4 is 6.09 Å². The van der Waals surface area contributed by atoms with Gasteiger partial charge in [0.05, 0.1) is 5.56 Å². The molecule has 168 valence electrons. The van der Waals surface area contributed by atoms with Crippen molar-refractivity contribution < 1.29 is 28.5 Å². The molecule has 2 atom stereocenters. The van der Waals surface area contributed by atoms with E-state index in [1.54, 1.807) is 0 Å². The molecule has 0 bridgehead atoms. The van der Waals surface area contributed by atoms with Crippen LogP contribution in [0.3, 0.4) is 0 Å². The monoisotopic (exact) mass is 450 g/mol. The van der Waals surface area contributed by atoms with Gasteiger partial charge in [0.1, 0.15) is 36.5 Å². The highest BCUT2D eigenvalue weighted by molar-refractivity contribution is 5.79. The molecule has 0 heterocycles. The number of amides is 1. The number of rotatable bonds is 6. The van der Waals surface area contributed by atoms with E-state index in [1.165, 1.54) is 6.07 Å². The number of nitriles is 1. The Labute approximate surface area is 188 Å². The Morgan fingerprint density at radius 1 is 1.03 bits per heavy atom. The van der Waals surface area contributed by atoms with E-state index in [0.717, 1.165) is 22.3 Å². The van der Waals surface area contributed by atoms with Crippen LogP contribution in [0.25, 0.3) is 11.1 Å². The van der Waals surface area contributed by atoms with E-state index in [-0.39, 0.29) is 12.5 Å². The highest BCUT2D eigenvalue weighted by Crippen LogP contribution is 2.44. The van der Waals surface area contributed by atoms with E-state index >= 15 is 0 Å². The number of aliphatic hydroxyl groups excluding tert-OH is 2. The third-order valence-corrected chi connectivity index (χ3v) is 5.69. The van der Waals surface area contributed by atoms with Gasteiger partial charge in [-0.05, 0) is 34.4 Å². The number of fused-ring (bicyclic) bond motifs is 3. The molecule has 1 aliphatic carbocycles. The number of aliphatic hydroxyl groups is 2. The molecule has 4 rings (SSSR count). The zero-order valence-electron chi connectivity index (χ0n) is 17.3. The number of carbonyl (C=O) groups excluding carboxylic acids is 1. The minimum Gasteiger partial charge on any atom is -0.449 e. The Hall–Kier alpha value is -3.80. The first kappa shape index (κ1) is 22.4. The van der Waals surface area contributed by atoms with Crippen LogP contribution in [-0.4, -0.2) is 35.6 Å². The maximum Gasteiger partial charge on any atom is 0.407 e. The Morgan fingerprint density at radius 2 is 1.64 bits per heavy atom. The van der Waals surface area contributed by atoms with E-state index in [2.05, 4.69) is 5.32 Å². The average Bonchev–Trinajstić information content (AvgIpc) is 3.15. The third kappa shape index (κ3) is 4.42. The molecule has 0 saturated carbocycles. The summed E-state index contributed by atoms with van der Waals surface area (Å²) in [5, 5.41) is 31.3. The number of halogens is 2. The van der Waals surface area contributed by atoms with Crippen LogP contribution in [0.2, 0.25) is 0 Å². The molecule has 1 aliphatic rings. The number of alkyl carbamates (subject to hydrolysis) is 1. The first-order valence-electron chi connectivity index (χ1n) is 10.2. The second-order valence-corrected chi connectivity index (χ2v) is 7.68. The lowest BCUT2D eigenvalue weighted by Crippen LogP contribution is -2.36. The number of nitrogens with one attached hydrogen (secondary N) is 1.